The molecule has 1 aliphatic rings. The Morgan fingerprint density at radius 2 is 2.56 bits per heavy atom. The molecule has 1 rings (SSSR count). The molecule has 0 aromatic heterocycles. The van der Waals surface area contributed by atoms with Crippen molar-refractivity contribution in [3.8, 4) is 0 Å². The van der Waals surface area contributed by atoms with Crippen molar-refractivity contribution >= 4 is 5.97 Å². The Morgan fingerprint density at radius 1 is 1.89 bits per heavy atom. The summed E-state index contributed by atoms with van der Waals surface area (Å²) in [4.78, 5) is 10.3. The van der Waals surface area contributed by atoms with E-state index in [1.807, 2.05) is 13.0 Å². The van der Waals surface area contributed by atoms with Crippen molar-refractivity contribution in [3.63, 3.8) is 0 Å². The number of rotatable bonds is 1. The maximum absolute atomic E-state index is 10.3. The SMILES string of the molecule is CC1=CCC(C(=O)O)C1. The quantitative estimate of drug-likeness (QED) is 0.539. The van der Waals surface area contributed by atoms with Crippen molar-refractivity contribution < 1.29 is 9.90 Å². The number of aliphatic carboxylic acids is 1. The van der Waals surface area contributed by atoms with E-state index in [-0.39, 0.29) is 5.92 Å². The van der Waals surface area contributed by atoms with Crippen LogP contribution in [0.5, 0.6) is 0 Å². The molecule has 0 aromatic rings. The van der Waals surface area contributed by atoms with Crippen LogP contribution in [0.4, 0.5) is 0 Å². The molecule has 1 N–H and O–H groups in total. The second-order valence-electron chi connectivity index (χ2n) is 2.53. The molecule has 0 bridgehead atoms. The number of hydrogen-bond donors (Lipinski definition) is 1. The third kappa shape index (κ3) is 1.31. The Hall–Kier alpha value is -0.790. The van der Waals surface area contributed by atoms with Crippen LogP contribution in [0.15, 0.2) is 11.6 Å². The van der Waals surface area contributed by atoms with Gasteiger partial charge in [-0.05, 0) is 19.8 Å². The van der Waals surface area contributed by atoms with E-state index in [1.54, 1.807) is 0 Å². The molecule has 0 aliphatic heterocycles. The molecule has 1 unspecified atom stereocenters. The predicted octanol–water partition coefficient (Wildman–Crippen LogP) is 1.43. The summed E-state index contributed by atoms with van der Waals surface area (Å²) in [5.74, 6) is -0.798. The van der Waals surface area contributed by atoms with Gasteiger partial charge in [-0.25, -0.2) is 0 Å². The molecule has 1 aliphatic carbocycles. The van der Waals surface area contributed by atoms with Gasteiger partial charge in [0, 0.05) is 0 Å². The van der Waals surface area contributed by atoms with Crippen molar-refractivity contribution in [2.24, 2.45) is 5.92 Å². The van der Waals surface area contributed by atoms with Crippen LogP contribution in [0.3, 0.4) is 0 Å². The summed E-state index contributed by atoms with van der Waals surface area (Å²) in [7, 11) is 0. The lowest BCUT2D eigenvalue weighted by Gasteiger charge is -1.99. The van der Waals surface area contributed by atoms with E-state index in [4.69, 9.17) is 5.11 Å². The summed E-state index contributed by atoms with van der Waals surface area (Å²) in [5, 5.41) is 8.50. The topological polar surface area (TPSA) is 37.3 Å². The van der Waals surface area contributed by atoms with Gasteiger partial charge in [-0.1, -0.05) is 11.6 Å². The molecule has 50 valence electrons. The molecule has 0 amide bonds. The first-order valence-corrected chi connectivity index (χ1v) is 3.08. The molecule has 0 saturated carbocycles. The lowest BCUT2D eigenvalue weighted by molar-refractivity contribution is -0.141. The van der Waals surface area contributed by atoms with E-state index in [1.165, 1.54) is 5.57 Å². The van der Waals surface area contributed by atoms with Crippen LogP contribution in [0.2, 0.25) is 0 Å². The highest BCUT2D eigenvalue weighted by Gasteiger charge is 2.20. The van der Waals surface area contributed by atoms with Crippen molar-refractivity contribution in [1.29, 1.82) is 0 Å². The van der Waals surface area contributed by atoms with Gasteiger partial charge < -0.3 is 5.11 Å². The molecule has 2 heteroatoms. The van der Waals surface area contributed by atoms with Crippen molar-refractivity contribution in [2.75, 3.05) is 0 Å². The van der Waals surface area contributed by atoms with Crippen molar-refractivity contribution in [3.05, 3.63) is 11.6 Å². The van der Waals surface area contributed by atoms with Gasteiger partial charge in [0.25, 0.3) is 0 Å². The number of carbonyl (C=O) groups is 1. The first-order chi connectivity index (χ1) is 4.20. The van der Waals surface area contributed by atoms with E-state index >= 15 is 0 Å². The van der Waals surface area contributed by atoms with Crippen molar-refractivity contribution in [2.45, 2.75) is 19.8 Å². The molecule has 1 atom stereocenters. The lowest BCUT2D eigenvalue weighted by Crippen LogP contribution is -2.08. The van der Waals surface area contributed by atoms with Crippen LogP contribution in [-0.4, -0.2) is 11.1 Å². The molecule has 0 heterocycles. The minimum atomic E-state index is -0.664. The maximum Gasteiger partial charge on any atom is 0.307 e. The highest BCUT2D eigenvalue weighted by Crippen LogP contribution is 2.23. The molecular weight excluding hydrogens is 116 g/mol. The van der Waals surface area contributed by atoms with E-state index in [2.05, 4.69) is 0 Å². The maximum atomic E-state index is 10.3. The summed E-state index contributed by atoms with van der Waals surface area (Å²) in [5.41, 5.74) is 1.21. The van der Waals surface area contributed by atoms with Gasteiger partial charge in [0.2, 0.25) is 0 Å². The standard InChI is InChI=1S/C7H10O2/c1-5-2-3-6(4-5)7(8)9/h2,6H,3-4H2,1H3,(H,8,9). The van der Waals surface area contributed by atoms with Crippen LogP contribution in [0.25, 0.3) is 0 Å². The number of carboxylic acid groups (broad SMARTS) is 1. The normalized spacial score (nSPS) is 25.9. The molecule has 0 saturated heterocycles. The van der Waals surface area contributed by atoms with Crippen molar-refractivity contribution in [1.82, 2.24) is 0 Å². The van der Waals surface area contributed by atoms with Crippen LogP contribution < -0.4 is 0 Å². The fourth-order valence-corrected chi connectivity index (χ4v) is 1.09. The zero-order valence-corrected chi connectivity index (χ0v) is 5.42. The Kier molecular flexibility index (Phi) is 1.56. The van der Waals surface area contributed by atoms with Gasteiger partial charge in [-0.15, -0.1) is 0 Å². The summed E-state index contributed by atoms with van der Waals surface area (Å²) >= 11 is 0. The Morgan fingerprint density at radius 3 is 2.78 bits per heavy atom. The predicted molar refractivity (Wildman–Crippen MR) is 34.1 cm³/mol. The lowest BCUT2D eigenvalue weighted by atomic mass is 10.1. The number of allylic oxidation sites excluding steroid dienone is 2. The smallest absolute Gasteiger partial charge is 0.307 e. The van der Waals surface area contributed by atoms with Crippen LogP contribution >= 0.6 is 0 Å². The molecule has 0 spiro atoms. The van der Waals surface area contributed by atoms with E-state index < -0.39 is 5.97 Å². The van der Waals surface area contributed by atoms with Gasteiger partial charge >= 0.3 is 5.97 Å². The van der Waals surface area contributed by atoms with Gasteiger partial charge in [0.1, 0.15) is 0 Å². The minimum absolute atomic E-state index is 0.134. The summed E-state index contributed by atoms with van der Waals surface area (Å²) in [6.45, 7) is 1.98. The third-order valence-electron chi connectivity index (χ3n) is 1.67. The fraction of sp³-hybridized carbons (Fsp3) is 0.571. The highest BCUT2D eigenvalue weighted by atomic mass is 16.4. The summed E-state index contributed by atoms with van der Waals surface area (Å²) in [6, 6.07) is 0. The monoisotopic (exact) mass is 126 g/mol. The Labute approximate surface area is 54.2 Å². The largest absolute Gasteiger partial charge is 0.481 e. The third-order valence-corrected chi connectivity index (χ3v) is 1.67. The molecular formula is C7H10O2. The average Bonchev–Trinajstić information content (AvgIpc) is 2.14. The average molecular weight is 126 g/mol. The fourth-order valence-electron chi connectivity index (χ4n) is 1.09. The second kappa shape index (κ2) is 2.21. The second-order valence-corrected chi connectivity index (χ2v) is 2.53. The molecule has 2 nitrogen and oxygen atoms in total. The molecule has 0 fully saturated rings. The van der Waals surface area contributed by atoms with Gasteiger partial charge in [-0.2, -0.15) is 0 Å². The number of carboxylic acids is 1. The van der Waals surface area contributed by atoms with E-state index in [0.29, 0.717) is 0 Å². The van der Waals surface area contributed by atoms with Gasteiger partial charge in [-0.3, -0.25) is 4.79 Å². The highest BCUT2D eigenvalue weighted by molar-refractivity contribution is 5.71. The Bertz CT molecular complexity index is 158. The summed E-state index contributed by atoms with van der Waals surface area (Å²) < 4.78 is 0. The van der Waals surface area contributed by atoms with Gasteiger partial charge in [0.15, 0.2) is 0 Å². The minimum Gasteiger partial charge on any atom is -0.481 e. The van der Waals surface area contributed by atoms with Crippen LogP contribution in [0.1, 0.15) is 19.8 Å². The van der Waals surface area contributed by atoms with Gasteiger partial charge in [0.05, 0.1) is 5.92 Å². The molecule has 9 heavy (non-hydrogen) atoms. The first-order valence-electron chi connectivity index (χ1n) is 3.08. The zero-order chi connectivity index (χ0) is 6.85. The zero-order valence-electron chi connectivity index (χ0n) is 5.42. The van der Waals surface area contributed by atoms with Crippen LogP contribution in [-0.2, 0) is 4.79 Å². The Balaban J connectivity index is 2.47. The van der Waals surface area contributed by atoms with E-state index in [9.17, 15) is 4.79 Å². The molecule has 0 aromatic carbocycles. The summed E-state index contributed by atoms with van der Waals surface area (Å²) in [6.07, 6.45) is 3.47. The van der Waals surface area contributed by atoms with E-state index in [0.717, 1.165) is 12.8 Å². The first kappa shape index (κ1) is 6.33. The molecule has 0 radical (unpaired) electrons. The number of hydrogen-bond acceptors (Lipinski definition) is 1. The van der Waals surface area contributed by atoms with Crippen LogP contribution in [0, 0.1) is 5.92 Å².